The van der Waals surface area contributed by atoms with Crippen LogP contribution in [0.15, 0.2) is 24.4 Å². The minimum Gasteiger partial charge on any atom is -0.381 e. The molecule has 1 aliphatic rings. The van der Waals surface area contributed by atoms with Gasteiger partial charge in [-0.1, -0.05) is 20.8 Å². The zero-order chi connectivity index (χ0) is 17.3. The molecule has 5 nitrogen and oxygen atoms in total. The van der Waals surface area contributed by atoms with Crippen LogP contribution in [0.25, 0.3) is 0 Å². The molecule has 3 rings (SSSR count). The largest absolute Gasteiger partial charge is 0.381 e. The van der Waals surface area contributed by atoms with Crippen molar-refractivity contribution in [1.29, 1.82) is 0 Å². The third-order valence-electron chi connectivity index (χ3n) is 4.53. The Kier molecular flexibility index (Phi) is 4.35. The Balaban J connectivity index is 1.76. The molecular weight excluding hydrogens is 300 g/mol. The third-order valence-corrected chi connectivity index (χ3v) is 4.53. The molecule has 1 aliphatic heterocycles. The summed E-state index contributed by atoms with van der Waals surface area (Å²) >= 11 is 0. The van der Waals surface area contributed by atoms with Gasteiger partial charge in [0.15, 0.2) is 0 Å². The van der Waals surface area contributed by atoms with Crippen LogP contribution in [0.1, 0.15) is 50.9 Å². The lowest BCUT2D eigenvalue weighted by Gasteiger charge is -2.29. The van der Waals surface area contributed by atoms with E-state index in [4.69, 9.17) is 0 Å². The van der Waals surface area contributed by atoms with Crippen LogP contribution in [0.5, 0.6) is 0 Å². The standard InChI is InChI=1S/C19H26N4O/c1-13(24)23-9-5-6-14-10-16(7-8-17(14)23)20-11-15-12-21-22-18(15)19(2,3)4/h7-8,10,12,20H,5-6,9,11H2,1-4H3,(H,21,22). The van der Waals surface area contributed by atoms with Crippen LogP contribution in [0.4, 0.5) is 11.4 Å². The Labute approximate surface area is 143 Å². The van der Waals surface area contributed by atoms with E-state index in [9.17, 15) is 4.79 Å². The fourth-order valence-corrected chi connectivity index (χ4v) is 3.33. The topological polar surface area (TPSA) is 61.0 Å². The maximum Gasteiger partial charge on any atom is 0.223 e. The molecule has 5 heteroatoms. The second-order valence-corrected chi connectivity index (χ2v) is 7.49. The highest BCUT2D eigenvalue weighted by molar-refractivity contribution is 5.93. The van der Waals surface area contributed by atoms with Gasteiger partial charge in [-0.25, -0.2) is 0 Å². The summed E-state index contributed by atoms with van der Waals surface area (Å²) in [6, 6.07) is 6.27. The first kappa shape index (κ1) is 16.6. The molecule has 0 spiro atoms. The molecule has 1 aromatic carbocycles. The molecule has 2 aromatic rings. The molecule has 0 saturated heterocycles. The van der Waals surface area contributed by atoms with Crippen molar-refractivity contribution in [2.75, 3.05) is 16.8 Å². The lowest BCUT2D eigenvalue weighted by atomic mass is 9.89. The van der Waals surface area contributed by atoms with E-state index in [1.807, 2.05) is 11.1 Å². The van der Waals surface area contributed by atoms with Gasteiger partial charge < -0.3 is 10.2 Å². The number of carbonyl (C=O) groups excluding carboxylic acids is 1. The lowest BCUT2D eigenvalue weighted by Crippen LogP contribution is -2.33. The van der Waals surface area contributed by atoms with Gasteiger partial charge in [0.05, 0.1) is 6.20 Å². The number of rotatable bonds is 3. The number of carbonyl (C=O) groups is 1. The number of aromatic amines is 1. The molecule has 0 unspecified atom stereocenters. The summed E-state index contributed by atoms with van der Waals surface area (Å²) in [6.45, 7) is 9.73. The van der Waals surface area contributed by atoms with Crippen LogP contribution in [-0.4, -0.2) is 22.6 Å². The van der Waals surface area contributed by atoms with E-state index < -0.39 is 0 Å². The summed E-state index contributed by atoms with van der Waals surface area (Å²) < 4.78 is 0. The van der Waals surface area contributed by atoms with E-state index in [1.165, 1.54) is 11.1 Å². The van der Waals surface area contributed by atoms with Crippen molar-refractivity contribution in [3.8, 4) is 0 Å². The van der Waals surface area contributed by atoms with E-state index in [1.54, 1.807) is 6.92 Å². The number of nitrogens with zero attached hydrogens (tertiary/aromatic N) is 2. The Morgan fingerprint density at radius 1 is 1.38 bits per heavy atom. The molecule has 0 bridgehead atoms. The Morgan fingerprint density at radius 2 is 2.17 bits per heavy atom. The lowest BCUT2D eigenvalue weighted by molar-refractivity contribution is -0.116. The third kappa shape index (κ3) is 3.30. The molecule has 1 amide bonds. The van der Waals surface area contributed by atoms with Crippen molar-refractivity contribution in [3.63, 3.8) is 0 Å². The first-order valence-corrected chi connectivity index (χ1v) is 8.54. The summed E-state index contributed by atoms with van der Waals surface area (Å²) in [5, 5.41) is 10.8. The highest BCUT2D eigenvalue weighted by Crippen LogP contribution is 2.30. The SMILES string of the molecule is CC(=O)N1CCCc2cc(NCc3cn[nH]c3C(C)(C)C)ccc21. The Hall–Kier alpha value is -2.30. The zero-order valence-electron chi connectivity index (χ0n) is 14.9. The van der Waals surface area contributed by atoms with Gasteiger partial charge >= 0.3 is 0 Å². The molecule has 1 aromatic heterocycles. The van der Waals surface area contributed by atoms with Gasteiger partial charge in [0.1, 0.15) is 0 Å². The minimum absolute atomic E-state index is 0.0470. The van der Waals surface area contributed by atoms with Crippen LogP contribution in [-0.2, 0) is 23.2 Å². The highest BCUT2D eigenvalue weighted by atomic mass is 16.2. The summed E-state index contributed by atoms with van der Waals surface area (Å²) in [5.74, 6) is 0.116. The number of amides is 1. The molecule has 0 aliphatic carbocycles. The number of fused-ring (bicyclic) bond motifs is 1. The van der Waals surface area contributed by atoms with Crippen LogP contribution >= 0.6 is 0 Å². The van der Waals surface area contributed by atoms with Crippen LogP contribution in [0, 0.1) is 0 Å². The first-order chi connectivity index (χ1) is 11.4. The molecule has 128 valence electrons. The number of hydrogen-bond acceptors (Lipinski definition) is 3. The van der Waals surface area contributed by atoms with Crippen molar-refractivity contribution in [2.24, 2.45) is 0 Å². The van der Waals surface area contributed by atoms with Crippen LogP contribution in [0.3, 0.4) is 0 Å². The Bertz CT molecular complexity index is 742. The molecule has 0 atom stereocenters. The monoisotopic (exact) mass is 326 g/mol. The summed E-state index contributed by atoms with van der Waals surface area (Å²) in [5.41, 5.74) is 5.77. The smallest absolute Gasteiger partial charge is 0.223 e. The Morgan fingerprint density at radius 3 is 2.88 bits per heavy atom. The van der Waals surface area contributed by atoms with E-state index in [0.29, 0.717) is 0 Å². The first-order valence-electron chi connectivity index (χ1n) is 8.54. The predicted molar refractivity (Wildman–Crippen MR) is 97.4 cm³/mol. The average Bonchev–Trinajstić information content (AvgIpc) is 3.00. The van der Waals surface area contributed by atoms with E-state index in [-0.39, 0.29) is 11.3 Å². The summed E-state index contributed by atoms with van der Waals surface area (Å²) in [6.07, 6.45) is 3.93. The van der Waals surface area contributed by atoms with Crippen LogP contribution in [0.2, 0.25) is 0 Å². The fraction of sp³-hybridized carbons (Fsp3) is 0.474. The van der Waals surface area contributed by atoms with Crippen molar-refractivity contribution >= 4 is 17.3 Å². The van der Waals surface area contributed by atoms with Crippen molar-refractivity contribution in [3.05, 3.63) is 41.2 Å². The van der Waals surface area contributed by atoms with E-state index in [2.05, 4.69) is 54.5 Å². The second-order valence-electron chi connectivity index (χ2n) is 7.49. The molecule has 0 saturated carbocycles. The van der Waals surface area contributed by atoms with E-state index >= 15 is 0 Å². The van der Waals surface area contributed by atoms with Crippen molar-refractivity contribution in [1.82, 2.24) is 10.2 Å². The molecule has 0 fully saturated rings. The number of anilines is 2. The van der Waals surface area contributed by atoms with Crippen LogP contribution < -0.4 is 10.2 Å². The van der Waals surface area contributed by atoms with Gasteiger partial charge in [-0.3, -0.25) is 9.89 Å². The molecule has 2 heterocycles. The van der Waals surface area contributed by atoms with Gasteiger partial charge in [-0.2, -0.15) is 5.10 Å². The van der Waals surface area contributed by atoms with Gasteiger partial charge in [0.25, 0.3) is 0 Å². The molecule has 24 heavy (non-hydrogen) atoms. The number of H-pyrrole nitrogens is 1. The number of hydrogen-bond donors (Lipinski definition) is 2. The minimum atomic E-state index is 0.0470. The molecule has 2 N–H and O–H groups in total. The molecular formula is C19H26N4O. The summed E-state index contributed by atoms with van der Waals surface area (Å²) in [7, 11) is 0. The number of aromatic nitrogens is 2. The van der Waals surface area contributed by atoms with Gasteiger partial charge in [0.2, 0.25) is 5.91 Å². The maximum absolute atomic E-state index is 11.8. The second kappa shape index (κ2) is 6.30. The summed E-state index contributed by atoms with van der Waals surface area (Å²) in [4.78, 5) is 13.6. The van der Waals surface area contributed by atoms with Gasteiger partial charge in [0, 0.05) is 48.1 Å². The zero-order valence-corrected chi connectivity index (χ0v) is 14.9. The van der Waals surface area contributed by atoms with Crippen molar-refractivity contribution in [2.45, 2.75) is 52.5 Å². The van der Waals surface area contributed by atoms with Gasteiger partial charge in [-0.15, -0.1) is 0 Å². The average molecular weight is 326 g/mol. The maximum atomic E-state index is 11.8. The number of aryl methyl sites for hydroxylation is 1. The number of benzene rings is 1. The molecule has 0 radical (unpaired) electrons. The van der Waals surface area contributed by atoms with Crippen molar-refractivity contribution < 1.29 is 4.79 Å². The van der Waals surface area contributed by atoms with E-state index in [0.717, 1.165) is 43.0 Å². The fourth-order valence-electron chi connectivity index (χ4n) is 3.33. The van der Waals surface area contributed by atoms with Gasteiger partial charge in [-0.05, 0) is 36.6 Å². The quantitative estimate of drug-likeness (QED) is 0.905. The number of nitrogens with one attached hydrogen (secondary N) is 2. The normalized spacial score (nSPS) is 14.4. The highest BCUT2D eigenvalue weighted by Gasteiger charge is 2.21. The predicted octanol–water partition coefficient (Wildman–Crippen LogP) is 3.62.